The molecular formula is C18H15F2N3O. The van der Waals surface area contributed by atoms with Gasteiger partial charge >= 0.3 is 0 Å². The summed E-state index contributed by atoms with van der Waals surface area (Å²) in [5, 5.41) is 2.74. The van der Waals surface area contributed by atoms with Crippen LogP contribution in [0.3, 0.4) is 0 Å². The molecule has 0 bridgehead atoms. The number of imidazole rings is 1. The molecule has 0 atom stereocenters. The molecule has 6 heteroatoms. The van der Waals surface area contributed by atoms with Crippen LogP contribution in [0.2, 0.25) is 0 Å². The van der Waals surface area contributed by atoms with Gasteiger partial charge in [0.25, 0.3) is 0 Å². The van der Waals surface area contributed by atoms with Crippen LogP contribution in [0.5, 0.6) is 0 Å². The van der Waals surface area contributed by atoms with Crippen LogP contribution in [0.15, 0.2) is 55.0 Å². The number of rotatable bonds is 5. The quantitative estimate of drug-likeness (QED) is 0.746. The minimum absolute atomic E-state index is 0.0709. The van der Waals surface area contributed by atoms with E-state index in [9.17, 15) is 13.6 Å². The van der Waals surface area contributed by atoms with Crippen molar-refractivity contribution in [2.45, 2.75) is 12.8 Å². The molecule has 0 spiro atoms. The number of aryl methyl sites for hydroxylation is 1. The molecule has 1 heterocycles. The Morgan fingerprint density at radius 2 is 1.92 bits per heavy atom. The Bertz CT molecular complexity index is 830. The third-order valence-electron chi connectivity index (χ3n) is 3.62. The molecule has 0 radical (unpaired) electrons. The standard InChI is InChI=1S/C18H15F2N3O/c19-15-3-1-2-13(18(15)20)6-9-17(24)23-14-7-4-12(5-8-14)16-10-21-11-22-16/h1-5,7-8,10-11H,6,9H2,(H,21,22)(H,23,24). The number of anilines is 1. The number of hydrogen-bond donors (Lipinski definition) is 2. The number of amides is 1. The van der Waals surface area contributed by atoms with Crippen molar-refractivity contribution in [1.82, 2.24) is 9.97 Å². The molecule has 0 saturated carbocycles. The lowest BCUT2D eigenvalue weighted by molar-refractivity contribution is -0.116. The molecule has 0 aliphatic carbocycles. The summed E-state index contributed by atoms with van der Waals surface area (Å²) in [4.78, 5) is 19.0. The Morgan fingerprint density at radius 3 is 2.62 bits per heavy atom. The van der Waals surface area contributed by atoms with E-state index in [1.165, 1.54) is 12.1 Å². The molecule has 1 amide bonds. The highest BCUT2D eigenvalue weighted by molar-refractivity contribution is 5.91. The van der Waals surface area contributed by atoms with Crippen molar-refractivity contribution in [2.24, 2.45) is 0 Å². The maximum absolute atomic E-state index is 13.5. The first kappa shape index (κ1) is 15.9. The number of halogens is 2. The predicted molar refractivity (Wildman–Crippen MR) is 87.3 cm³/mol. The van der Waals surface area contributed by atoms with Crippen molar-refractivity contribution in [3.63, 3.8) is 0 Å². The highest BCUT2D eigenvalue weighted by Crippen LogP contribution is 2.19. The molecule has 4 nitrogen and oxygen atoms in total. The normalized spacial score (nSPS) is 10.6. The van der Waals surface area contributed by atoms with Crippen LogP contribution in [0, 0.1) is 11.6 Å². The Morgan fingerprint density at radius 1 is 1.12 bits per heavy atom. The van der Waals surface area contributed by atoms with Crippen LogP contribution < -0.4 is 5.32 Å². The largest absolute Gasteiger partial charge is 0.351 e. The molecule has 0 fully saturated rings. The zero-order valence-corrected chi connectivity index (χ0v) is 12.7. The Hall–Kier alpha value is -3.02. The van der Waals surface area contributed by atoms with Gasteiger partial charge in [0.05, 0.1) is 12.0 Å². The zero-order valence-electron chi connectivity index (χ0n) is 12.7. The lowest BCUT2D eigenvalue weighted by Gasteiger charge is -2.07. The smallest absolute Gasteiger partial charge is 0.224 e. The summed E-state index contributed by atoms with van der Waals surface area (Å²) in [7, 11) is 0. The number of H-pyrrole nitrogens is 1. The minimum Gasteiger partial charge on any atom is -0.351 e. The molecule has 0 unspecified atom stereocenters. The summed E-state index contributed by atoms with van der Waals surface area (Å²) in [6.07, 6.45) is 3.58. The molecule has 24 heavy (non-hydrogen) atoms. The van der Waals surface area contributed by atoms with Gasteiger partial charge in [-0.1, -0.05) is 24.3 Å². The zero-order chi connectivity index (χ0) is 16.9. The van der Waals surface area contributed by atoms with Gasteiger partial charge in [-0.2, -0.15) is 0 Å². The summed E-state index contributed by atoms with van der Waals surface area (Å²) in [6.45, 7) is 0. The molecule has 3 rings (SSSR count). The molecule has 2 aromatic carbocycles. The fourth-order valence-electron chi connectivity index (χ4n) is 2.36. The SMILES string of the molecule is O=C(CCc1cccc(F)c1F)Nc1ccc(-c2c[nH]cn2)cc1. The number of benzene rings is 2. The number of carbonyl (C=O) groups is 1. The van der Waals surface area contributed by atoms with Gasteiger partial charge in [-0.05, 0) is 30.2 Å². The second-order valence-electron chi connectivity index (χ2n) is 5.29. The first-order chi connectivity index (χ1) is 11.6. The highest BCUT2D eigenvalue weighted by Gasteiger charge is 2.10. The van der Waals surface area contributed by atoms with Crippen molar-refractivity contribution in [2.75, 3.05) is 5.32 Å². The number of aromatic amines is 1. The van der Waals surface area contributed by atoms with E-state index >= 15 is 0 Å². The molecule has 0 aliphatic heterocycles. The molecule has 0 aliphatic rings. The Balaban J connectivity index is 1.58. The van der Waals surface area contributed by atoms with E-state index in [1.807, 2.05) is 12.1 Å². The van der Waals surface area contributed by atoms with Gasteiger partial charge in [0.15, 0.2) is 11.6 Å². The Labute approximate surface area is 137 Å². The van der Waals surface area contributed by atoms with E-state index in [4.69, 9.17) is 0 Å². The third kappa shape index (κ3) is 3.65. The first-order valence-corrected chi connectivity index (χ1v) is 7.45. The summed E-state index contributed by atoms with van der Waals surface area (Å²) >= 11 is 0. The van der Waals surface area contributed by atoms with Gasteiger partial charge in [0.2, 0.25) is 5.91 Å². The van der Waals surface area contributed by atoms with E-state index in [1.54, 1.807) is 24.7 Å². The van der Waals surface area contributed by atoms with Gasteiger partial charge in [-0.25, -0.2) is 13.8 Å². The van der Waals surface area contributed by atoms with E-state index in [-0.39, 0.29) is 24.3 Å². The summed E-state index contributed by atoms with van der Waals surface area (Å²) < 4.78 is 26.7. The molecule has 3 aromatic rings. The molecule has 2 N–H and O–H groups in total. The van der Waals surface area contributed by atoms with Crippen molar-refractivity contribution in [1.29, 1.82) is 0 Å². The van der Waals surface area contributed by atoms with E-state index in [2.05, 4.69) is 15.3 Å². The molecule has 122 valence electrons. The second-order valence-corrected chi connectivity index (χ2v) is 5.29. The second kappa shape index (κ2) is 7.04. The lowest BCUT2D eigenvalue weighted by Crippen LogP contribution is -2.12. The lowest BCUT2D eigenvalue weighted by atomic mass is 10.1. The van der Waals surface area contributed by atoms with Crippen molar-refractivity contribution >= 4 is 11.6 Å². The Kier molecular flexibility index (Phi) is 4.65. The fraction of sp³-hybridized carbons (Fsp3) is 0.111. The minimum atomic E-state index is -0.901. The van der Waals surface area contributed by atoms with Crippen LogP contribution in [-0.2, 0) is 11.2 Å². The molecule has 0 saturated heterocycles. The maximum atomic E-state index is 13.5. The number of carbonyl (C=O) groups excluding carboxylic acids is 1. The van der Waals surface area contributed by atoms with Crippen LogP contribution >= 0.6 is 0 Å². The topological polar surface area (TPSA) is 57.8 Å². The summed E-state index contributed by atoms with van der Waals surface area (Å²) in [6, 6.07) is 11.2. The number of nitrogens with one attached hydrogen (secondary N) is 2. The van der Waals surface area contributed by atoms with E-state index in [0.29, 0.717) is 5.69 Å². The van der Waals surface area contributed by atoms with Crippen LogP contribution in [0.4, 0.5) is 14.5 Å². The van der Waals surface area contributed by atoms with E-state index in [0.717, 1.165) is 17.3 Å². The van der Waals surface area contributed by atoms with Crippen LogP contribution in [0.25, 0.3) is 11.3 Å². The summed E-state index contributed by atoms with van der Waals surface area (Å²) in [5.74, 6) is -2.05. The monoisotopic (exact) mass is 327 g/mol. The van der Waals surface area contributed by atoms with Crippen LogP contribution in [0.1, 0.15) is 12.0 Å². The molecular weight excluding hydrogens is 312 g/mol. The average Bonchev–Trinajstić information content (AvgIpc) is 3.11. The average molecular weight is 327 g/mol. The maximum Gasteiger partial charge on any atom is 0.224 e. The van der Waals surface area contributed by atoms with Crippen molar-refractivity contribution in [3.05, 3.63) is 72.2 Å². The van der Waals surface area contributed by atoms with Gasteiger partial charge < -0.3 is 10.3 Å². The third-order valence-corrected chi connectivity index (χ3v) is 3.62. The first-order valence-electron chi connectivity index (χ1n) is 7.45. The van der Waals surface area contributed by atoms with Gasteiger partial charge in [-0.15, -0.1) is 0 Å². The molecule has 1 aromatic heterocycles. The number of aromatic nitrogens is 2. The van der Waals surface area contributed by atoms with E-state index < -0.39 is 11.6 Å². The van der Waals surface area contributed by atoms with Crippen LogP contribution in [-0.4, -0.2) is 15.9 Å². The number of hydrogen-bond acceptors (Lipinski definition) is 2. The van der Waals surface area contributed by atoms with Crippen molar-refractivity contribution in [3.8, 4) is 11.3 Å². The fourth-order valence-corrected chi connectivity index (χ4v) is 2.36. The summed E-state index contributed by atoms with van der Waals surface area (Å²) in [5.41, 5.74) is 2.57. The van der Waals surface area contributed by atoms with Gasteiger partial charge in [0, 0.05) is 23.9 Å². The van der Waals surface area contributed by atoms with Gasteiger partial charge in [-0.3, -0.25) is 4.79 Å². The highest BCUT2D eigenvalue weighted by atomic mass is 19.2. The van der Waals surface area contributed by atoms with Gasteiger partial charge in [0.1, 0.15) is 0 Å². The van der Waals surface area contributed by atoms with Crippen molar-refractivity contribution < 1.29 is 13.6 Å². The number of nitrogens with zero attached hydrogens (tertiary/aromatic N) is 1. The predicted octanol–water partition coefficient (Wildman–Crippen LogP) is 3.93.